The molecule has 1 aromatic heterocycles. The summed E-state index contributed by atoms with van der Waals surface area (Å²) in [4.78, 5) is 26.4. The predicted octanol–water partition coefficient (Wildman–Crippen LogP) is 2.12. The Hall–Kier alpha value is -1.54. The number of halogens is 1. The number of aliphatic carboxylic acids is 1. The Morgan fingerprint density at radius 1 is 1.43 bits per heavy atom. The number of nitrogens with zero attached hydrogens (tertiary/aromatic N) is 2. The number of carbonyl (C=O) groups is 2. The molecule has 2 rings (SSSR count). The third kappa shape index (κ3) is 4.97. The van der Waals surface area contributed by atoms with Crippen molar-refractivity contribution in [2.24, 2.45) is 0 Å². The van der Waals surface area contributed by atoms with Crippen molar-refractivity contribution in [1.82, 2.24) is 15.1 Å². The SMILES string of the molecule is CCN(CC(=O)O)C1CC(NC(=O)N(C)Cc2ccc(Br)o2)C1. The van der Waals surface area contributed by atoms with E-state index < -0.39 is 5.97 Å². The second-order valence-electron chi connectivity index (χ2n) is 5.79. The summed E-state index contributed by atoms with van der Waals surface area (Å²) < 4.78 is 6.02. The van der Waals surface area contributed by atoms with Crippen LogP contribution in [0.3, 0.4) is 0 Å². The number of nitrogens with one attached hydrogen (secondary N) is 1. The minimum atomic E-state index is -0.816. The monoisotopic (exact) mass is 387 g/mol. The maximum Gasteiger partial charge on any atom is 0.317 e. The molecule has 1 aliphatic rings. The van der Waals surface area contributed by atoms with Crippen LogP contribution in [0.5, 0.6) is 0 Å². The highest BCUT2D eigenvalue weighted by atomic mass is 79.9. The standard InChI is InChI=1S/C15H22BrN3O4/c1-3-19(9-14(20)21)11-6-10(7-11)17-15(22)18(2)8-12-4-5-13(16)23-12/h4-5,10-11H,3,6-9H2,1-2H3,(H,17,22)(H,20,21). The lowest BCUT2D eigenvalue weighted by Gasteiger charge is -2.42. The lowest BCUT2D eigenvalue weighted by molar-refractivity contribution is -0.139. The Bertz CT molecular complexity index is 557. The molecule has 128 valence electrons. The average Bonchev–Trinajstić information content (AvgIpc) is 2.84. The van der Waals surface area contributed by atoms with Gasteiger partial charge in [-0.25, -0.2) is 4.79 Å². The summed E-state index contributed by atoms with van der Waals surface area (Å²) in [6, 6.07) is 3.79. The maximum atomic E-state index is 12.1. The second-order valence-corrected chi connectivity index (χ2v) is 6.57. The molecule has 1 aliphatic carbocycles. The van der Waals surface area contributed by atoms with E-state index in [-0.39, 0.29) is 24.7 Å². The van der Waals surface area contributed by atoms with Gasteiger partial charge in [-0.15, -0.1) is 0 Å². The van der Waals surface area contributed by atoms with Crippen LogP contribution in [-0.4, -0.2) is 59.1 Å². The molecule has 2 N–H and O–H groups in total. The molecule has 1 aromatic rings. The minimum Gasteiger partial charge on any atom is -0.480 e. The second kappa shape index (κ2) is 7.83. The Morgan fingerprint density at radius 2 is 2.13 bits per heavy atom. The molecule has 0 saturated heterocycles. The van der Waals surface area contributed by atoms with Gasteiger partial charge in [0.1, 0.15) is 5.76 Å². The van der Waals surface area contributed by atoms with Crippen molar-refractivity contribution in [3.8, 4) is 0 Å². The molecule has 23 heavy (non-hydrogen) atoms. The van der Waals surface area contributed by atoms with E-state index in [0.717, 1.165) is 12.8 Å². The summed E-state index contributed by atoms with van der Waals surface area (Å²) in [5, 5.41) is 11.8. The number of amides is 2. The molecule has 1 heterocycles. The van der Waals surface area contributed by atoms with Crippen LogP contribution in [0.15, 0.2) is 21.2 Å². The van der Waals surface area contributed by atoms with Gasteiger partial charge in [-0.2, -0.15) is 0 Å². The number of urea groups is 1. The van der Waals surface area contributed by atoms with Gasteiger partial charge >= 0.3 is 12.0 Å². The van der Waals surface area contributed by atoms with Crippen LogP contribution in [-0.2, 0) is 11.3 Å². The lowest BCUT2D eigenvalue weighted by atomic mass is 9.85. The van der Waals surface area contributed by atoms with Crippen LogP contribution < -0.4 is 5.32 Å². The topological polar surface area (TPSA) is 86.0 Å². The maximum absolute atomic E-state index is 12.1. The highest BCUT2D eigenvalue weighted by Crippen LogP contribution is 2.25. The van der Waals surface area contributed by atoms with Crippen molar-refractivity contribution >= 4 is 27.9 Å². The van der Waals surface area contributed by atoms with E-state index in [9.17, 15) is 9.59 Å². The molecule has 1 saturated carbocycles. The van der Waals surface area contributed by atoms with Crippen LogP contribution in [0.1, 0.15) is 25.5 Å². The molecule has 0 bridgehead atoms. The number of hydrogen-bond acceptors (Lipinski definition) is 4. The zero-order valence-corrected chi connectivity index (χ0v) is 14.9. The molecular weight excluding hydrogens is 366 g/mol. The first-order valence-electron chi connectivity index (χ1n) is 7.60. The highest BCUT2D eigenvalue weighted by Gasteiger charge is 2.35. The quantitative estimate of drug-likeness (QED) is 0.748. The van der Waals surface area contributed by atoms with Gasteiger partial charge in [-0.3, -0.25) is 9.69 Å². The van der Waals surface area contributed by atoms with Gasteiger partial charge in [0.05, 0.1) is 13.1 Å². The molecule has 8 heteroatoms. The first-order valence-corrected chi connectivity index (χ1v) is 8.40. The predicted molar refractivity (Wildman–Crippen MR) is 88.1 cm³/mol. The number of carbonyl (C=O) groups excluding carboxylic acids is 1. The van der Waals surface area contributed by atoms with E-state index in [1.807, 2.05) is 17.9 Å². The third-order valence-corrected chi connectivity index (χ3v) is 4.50. The Balaban J connectivity index is 1.73. The Morgan fingerprint density at radius 3 is 2.65 bits per heavy atom. The minimum absolute atomic E-state index is 0.0507. The van der Waals surface area contributed by atoms with Gasteiger partial charge in [0.2, 0.25) is 0 Å². The van der Waals surface area contributed by atoms with Gasteiger partial charge in [-0.1, -0.05) is 6.92 Å². The molecule has 0 radical (unpaired) electrons. The van der Waals surface area contributed by atoms with Gasteiger partial charge in [0.25, 0.3) is 0 Å². The molecule has 1 fully saturated rings. The molecule has 0 atom stereocenters. The van der Waals surface area contributed by atoms with Crippen molar-refractivity contribution in [2.75, 3.05) is 20.1 Å². The van der Waals surface area contributed by atoms with Crippen molar-refractivity contribution < 1.29 is 19.1 Å². The van der Waals surface area contributed by atoms with Crippen molar-refractivity contribution in [3.63, 3.8) is 0 Å². The summed E-state index contributed by atoms with van der Waals surface area (Å²) in [5.74, 6) is -0.108. The summed E-state index contributed by atoms with van der Waals surface area (Å²) in [7, 11) is 1.71. The van der Waals surface area contributed by atoms with Gasteiger partial charge < -0.3 is 19.7 Å². The smallest absolute Gasteiger partial charge is 0.317 e. The molecule has 0 spiro atoms. The van der Waals surface area contributed by atoms with Crippen molar-refractivity contribution in [3.05, 3.63) is 22.6 Å². The van der Waals surface area contributed by atoms with Crippen molar-refractivity contribution in [2.45, 2.75) is 38.4 Å². The molecule has 0 unspecified atom stereocenters. The fourth-order valence-electron chi connectivity index (χ4n) is 2.70. The zero-order valence-electron chi connectivity index (χ0n) is 13.3. The fourth-order valence-corrected chi connectivity index (χ4v) is 3.04. The number of furan rings is 1. The fraction of sp³-hybridized carbons (Fsp3) is 0.600. The number of hydrogen-bond donors (Lipinski definition) is 2. The highest BCUT2D eigenvalue weighted by molar-refractivity contribution is 9.10. The van der Waals surface area contributed by atoms with Crippen LogP contribution >= 0.6 is 15.9 Å². The Labute approximate surface area is 143 Å². The number of carboxylic acid groups (broad SMARTS) is 1. The zero-order chi connectivity index (χ0) is 17.0. The van der Waals surface area contributed by atoms with E-state index >= 15 is 0 Å². The molecule has 7 nitrogen and oxygen atoms in total. The summed E-state index contributed by atoms with van der Waals surface area (Å²) >= 11 is 3.23. The van der Waals surface area contributed by atoms with Gasteiger partial charge in [0, 0.05) is 19.1 Å². The van der Waals surface area contributed by atoms with Crippen LogP contribution in [0, 0.1) is 0 Å². The molecular formula is C15H22BrN3O4. The summed E-state index contributed by atoms with van der Waals surface area (Å²) in [6.45, 7) is 3.10. The molecule has 0 aromatic carbocycles. The number of rotatable bonds is 7. The summed E-state index contributed by atoms with van der Waals surface area (Å²) in [6.07, 6.45) is 1.57. The first kappa shape index (κ1) is 17.8. The van der Waals surface area contributed by atoms with Crippen LogP contribution in [0.2, 0.25) is 0 Å². The number of carboxylic acids is 1. The molecule has 0 aliphatic heterocycles. The van der Waals surface area contributed by atoms with E-state index in [1.165, 1.54) is 0 Å². The average molecular weight is 388 g/mol. The normalized spacial score (nSPS) is 20.2. The first-order chi connectivity index (χ1) is 10.9. The van der Waals surface area contributed by atoms with E-state index in [1.54, 1.807) is 18.0 Å². The van der Waals surface area contributed by atoms with E-state index in [4.69, 9.17) is 9.52 Å². The lowest BCUT2D eigenvalue weighted by Crippen LogP contribution is -2.56. The third-order valence-electron chi connectivity index (χ3n) is 4.07. The van der Waals surface area contributed by atoms with Crippen LogP contribution in [0.25, 0.3) is 0 Å². The van der Waals surface area contributed by atoms with Gasteiger partial charge in [-0.05, 0) is 47.4 Å². The van der Waals surface area contributed by atoms with Crippen molar-refractivity contribution in [1.29, 1.82) is 0 Å². The summed E-state index contributed by atoms with van der Waals surface area (Å²) in [5.41, 5.74) is 0. The molecule has 2 amide bonds. The van der Waals surface area contributed by atoms with Crippen LogP contribution in [0.4, 0.5) is 4.79 Å². The van der Waals surface area contributed by atoms with Gasteiger partial charge in [0.15, 0.2) is 4.67 Å². The largest absolute Gasteiger partial charge is 0.480 e. The number of likely N-dealkylation sites (N-methyl/N-ethyl adjacent to an activating group) is 1. The Kier molecular flexibility index (Phi) is 6.06. The van der Waals surface area contributed by atoms with E-state index in [2.05, 4.69) is 21.2 Å². The van der Waals surface area contributed by atoms with E-state index in [0.29, 0.717) is 23.5 Å².